The van der Waals surface area contributed by atoms with Crippen LogP contribution in [0.5, 0.6) is 0 Å². The minimum absolute atomic E-state index is 0.435. The van der Waals surface area contributed by atoms with Crippen molar-refractivity contribution in [3.05, 3.63) is 0 Å². The summed E-state index contributed by atoms with van der Waals surface area (Å²) in [6.45, 7) is 5.45. The molecule has 2 aliphatic rings. The highest BCUT2D eigenvalue weighted by Gasteiger charge is 2.35. The Labute approximate surface area is 91.0 Å². The Morgan fingerprint density at radius 2 is 1.93 bits per heavy atom. The van der Waals surface area contributed by atoms with Gasteiger partial charge >= 0.3 is 0 Å². The van der Waals surface area contributed by atoms with Gasteiger partial charge in [-0.15, -0.1) is 0 Å². The van der Waals surface area contributed by atoms with Crippen LogP contribution in [0.25, 0.3) is 0 Å². The smallest absolute Gasteiger partial charge is 0.0666 e. The van der Waals surface area contributed by atoms with Crippen molar-refractivity contribution in [2.75, 3.05) is 6.61 Å². The van der Waals surface area contributed by atoms with Gasteiger partial charge in [-0.2, -0.15) is 11.8 Å². The molecule has 0 aromatic carbocycles. The van der Waals surface area contributed by atoms with Gasteiger partial charge in [-0.25, -0.2) is 0 Å². The lowest BCUT2D eigenvalue weighted by molar-refractivity contribution is 0.127. The van der Waals surface area contributed by atoms with E-state index in [-0.39, 0.29) is 0 Å². The quantitative estimate of drug-likeness (QED) is 0.765. The summed E-state index contributed by atoms with van der Waals surface area (Å²) in [7, 11) is 0. The largest absolute Gasteiger partial charge is 0.377 e. The highest BCUT2D eigenvalue weighted by Crippen LogP contribution is 2.39. The summed E-state index contributed by atoms with van der Waals surface area (Å²) < 4.78 is 5.59. The van der Waals surface area contributed by atoms with Crippen LogP contribution in [0.3, 0.4) is 0 Å². The SMILES string of the molecule is CC1OCCC1SC1CCC(N)C1C. The summed E-state index contributed by atoms with van der Waals surface area (Å²) in [6.07, 6.45) is 4.19. The van der Waals surface area contributed by atoms with Crippen molar-refractivity contribution in [1.29, 1.82) is 0 Å². The predicted molar refractivity (Wildman–Crippen MR) is 61.6 cm³/mol. The van der Waals surface area contributed by atoms with Gasteiger partial charge in [0.15, 0.2) is 0 Å². The fourth-order valence-corrected chi connectivity index (χ4v) is 4.17. The van der Waals surface area contributed by atoms with Crippen molar-refractivity contribution in [2.45, 2.75) is 55.8 Å². The molecule has 2 N–H and O–H groups in total. The van der Waals surface area contributed by atoms with Crippen molar-refractivity contribution in [3.63, 3.8) is 0 Å². The number of ether oxygens (including phenoxy) is 1. The molecule has 0 amide bonds. The molecular weight excluding hydrogens is 194 g/mol. The third kappa shape index (κ3) is 2.10. The van der Waals surface area contributed by atoms with Crippen molar-refractivity contribution in [3.8, 4) is 0 Å². The molecule has 5 atom stereocenters. The number of thioether (sulfide) groups is 1. The van der Waals surface area contributed by atoms with Crippen LogP contribution in [0.2, 0.25) is 0 Å². The molecule has 1 aliphatic heterocycles. The molecule has 14 heavy (non-hydrogen) atoms. The lowest BCUT2D eigenvalue weighted by Crippen LogP contribution is -2.28. The van der Waals surface area contributed by atoms with Crippen molar-refractivity contribution in [1.82, 2.24) is 0 Å². The molecule has 0 aromatic heterocycles. The Morgan fingerprint density at radius 1 is 1.14 bits per heavy atom. The zero-order valence-electron chi connectivity index (χ0n) is 9.11. The molecule has 0 spiro atoms. The van der Waals surface area contributed by atoms with Crippen LogP contribution in [-0.2, 0) is 4.74 Å². The minimum atomic E-state index is 0.435. The first-order chi connectivity index (χ1) is 6.68. The fraction of sp³-hybridized carbons (Fsp3) is 1.00. The van der Waals surface area contributed by atoms with Crippen molar-refractivity contribution >= 4 is 11.8 Å². The van der Waals surface area contributed by atoms with E-state index in [2.05, 4.69) is 25.6 Å². The third-order valence-electron chi connectivity index (χ3n) is 3.70. The molecular formula is C11H21NOS. The van der Waals surface area contributed by atoms with Crippen LogP contribution in [-0.4, -0.2) is 29.3 Å². The Balaban J connectivity index is 1.85. The van der Waals surface area contributed by atoms with Gasteiger partial charge in [-0.3, -0.25) is 0 Å². The van der Waals surface area contributed by atoms with E-state index >= 15 is 0 Å². The highest BCUT2D eigenvalue weighted by atomic mass is 32.2. The van der Waals surface area contributed by atoms with Crippen LogP contribution in [0.1, 0.15) is 33.1 Å². The number of hydrogen-bond acceptors (Lipinski definition) is 3. The summed E-state index contributed by atoms with van der Waals surface area (Å²) in [5.41, 5.74) is 6.03. The average molecular weight is 215 g/mol. The van der Waals surface area contributed by atoms with E-state index in [0.29, 0.717) is 23.3 Å². The van der Waals surface area contributed by atoms with Gasteiger partial charge in [0.1, 0.15) is 0 Å². The van der Waals surface area contributed by atoms with E-state index in [1.54, 1.807) is 0 Å². The van der Waals surface area contributed by atoms with Crippen LogP contribution in [0.15, 0.2) is 0 Å². The molecule has 3 heteroatoms. The first-order valence-electron chi connectivity index (χ1n) is 5.71. The Hall–Kier alpha value is 0.270. The van der Waals surface area contributed by atoms with E-state index in [4.69, 9.17) is 10.5 Å². The maximum Gasteiger partial charge on any atom is 0.0666 e. The second-order valence-electron chi connectivity index (χ2n) is 4.68. The second-order valence-corrected chi connectivity index (χ2v) is 6.16. The summed E-state index contributed by atoms with van der Waals surface area (Å²) >= 11 is 2.13. The molecule has 1 heterocycles. The van der Waals surface area contributed by atoms with Gasteiger partial charge in [0.25, 0.3) is 0 Å². The number of nitrogens with two attached hydrogens (primary N) is 1. The summed E-state index contributed by atoms with van der Waals surface area (Å²) in [4.78, 5) is 0. The predicted octanol–water partition coefficient (Wildman–Crippen LogP) is 2.02. The normalized spacial score (nSPS) is 48.6. The molecule has 2 rings (SSSR count). The topological polar surface area (TPSA) is 35.2 Å². The van der Waals surface area contributed by atoms with Gasteiger partial charge < -0.3 is 10.5 Å². The first-order valence-corrected chi connectivity index (χ1v) is 6.65. The average Bonchev–Trinajstić information content (AvgIpc) is 2.68. The van der Waals surface area contributed by atoms with E-state index in [1.165, 1.54) is 19.3 Å². The molecule has 1 aliphatic carbocycles. The Kier molecular flexibility index (Phi) is 3.40. The zero-order valence-corrected chi connectivity index (χ0v) is 9.93. The summed E-state index contributed by atoms with van der Waals surface area (Å²) in [5.74, 6) is 0.688. The van der Waals surface area contributed by atoms with Crippen molar-refractivity contribution in [2.24, 2.45) is 11.7 Å². The highest BCUT2D eigenvalue weighted by molar-refractivity contribution is 8.00. The van der Waals surface area contributed by atoms with Crippen LogP contribution in [0.4, 0.5) is 0 Å². The summed E-state index contributed by atoms with van der Waals surface area (Å²) in [5, 5.41) is 1.49. The Bertz CT molecular complexity index is 200. The first kappa shape index (κ1) is 10.8. The van der Waals surface area contributed by atoms with E-state index in [9.17, 15) is 0 Å². The van der Waals surface area contributed by atoms with E-state index < -0.39 is 0 Å². The lowest BCUT2D eigenvalue weighted by atomic mass is 10.1. The molecule has 82 valence electrons. The minimum Gasteiger partial charge on any atom is -0.377 e. The monoisotopic (exact) mass is 215 g/mol. The molecule has 2 nitrogen and oxygen atoms in total. The maximum absolute atomic E-state index is 6.03. The number of hydrogen-bond donors (Lipinski definition) is 1. The maximum atomic E-state index is 6.03. The van der Waals surface area contributed by atoms with Gasteiger partial charge in [-0.05, 0) is 32.1 Å². The van der Waals surface area contributed by atoms with Crippen LogP contribution in [0, 0.1) is 5.92 Å². The van der Waals surface area contributed by atoms with E-state index in [1.807, 2.05) is 0 Å². The molecule has 2 fully saturated rings. The Morgan fingerprint density at radius 3 is 2.43 bits per heavy atom. The third-order valence-corrected chi connectivity index (χ3v) is 5.69. The lowest BCUT2D eigenvalue weighted by Gasteiger charge is -2.22. The van der Waals surface area contributed by atoms with Gasteiger partial charge in [0.05, 0.1) is 6.10 Å². The number of rotatable bonds is 2. The fourth-order valence-electron chi connectivity index (χ4n) is 2.47. The molecule has 5 unspecified atom stereocenters. The second kappa shape index (κ2) is 4.42. The molecule has 1 saturated carbocycles. The van der Waals surface area contributed by atoms with Gasteiger partial charge in [0.2, 0.25) is 0 Å². The molecule has 0 bridgehead atoms. The van der Waals surface area contributed by atoms with Gasteiger partial charge in [0, 0.05) is 23.1 Å². The summed E-state index contributed by atoms with van der Waals surface area (Å²) in [6, 6.07) is 0.435. The van der Waals surface area contributed by atoms with Crippen LogP contribution >= 0.6 is 11.8 Å². The van der Waals surface area contributed by atoms with Gasteiger partial charge in [-0.1, -0.05) is 6.92 Å². The molecule has 1 saturated heterocycles. The standard InChI is InChI=1S/C11H21NOS/c1-7-9(12)3-4-10(7)14-11-5-6-13-8(11)2/h7-11H,3-6,12H2,1-2H3. The van der Waals surface area contributed by atoms with Crippen molar-refractivity contribution < 1.29 is 4.74 Å². The molecule has 0 radical (unpaired) electrons. The zero-order chi connectivity index (χ0) is 10.1. The molecule has 0 aromatic rings. The van der Waals surface area contributed by atoms with E-state index in [0.717, 1.165) is 11.9 Å². The van der Waals surface area contributed by atoms with Crippen LogP contribution < -0.4 is 5.73 Å².